The lowest BCUT2D eigenvalue weighted by atomic mass is 10.2. The number of nitrogens with one attached hydrogen (secondary N) is 1. The predicted molar refractivity (Wildman–Crippen MR) is 60.7 cm³/mol. The molecular formula is C10H18N2O2S. The zero-order chi connectivity index (χ0) is 11.6. The van der Waals surface area contributed by atoms with Crippen LogP contribution >= 0.6 is 0 Å². The summed E-state index contributed by atoms with van der Waals surface area (Å²) in [6.07, 6.45) is 0. The third-order valence-electron chi connectivity index (χ3n) is 1.91. The molecule has 86 valence electrons. The lowest BCUT2D eigenvalue weighted by Crippen LogP contribution is -2.34. The van der Waals surface area contributed by atoms with Gasteiger partial charge in [-0.15, -0.1) is 0 Å². The molecule has 0 aliphatic heterocycles. The molecule has 0 aliphatic rings. The third kappa shape index (κ3) is 3.43. The van der Waals surface area contributed by atoms with Crippen LogP contribution in [0, 0.1) is 6.92 Å². The van der Waals surface area contributed by atoms with Gasteiger partial charge in [-0.25, -0.2) is 8.93 Å². The maximum Gasteiger partial charge on any atom is 0.154 e. The summed E-state index contributed by atoms with van der Waals surface area (Å²) in [5.74, 6) is 0.713. The molecule has 0 unspecified atom stereocenters. The van der Waals surface area contributed by atoms with Gasteiger partial charge in [0, 0.05) is 6.07 Å². The second kappa shape index (κ2) is 4.45. The quantitative estimate of drug-likeness (QED) is 0.865. The Balaban J connectivity index is 2.64. The molecule has 15 heavy (non-hydrogen) atoms. The zero-order valence-electron chi connectivity index (χ0n) is 9.83. The van der Waals surface area contributed by atoms with Gasteiger partial charge in [-0.2, -0.15) is 0 Å². The normalized spacial score (nSPS) is 16.3. The summed E-state index contributed by atoms with van der Waals surface area (Å²) in [7, 11) is -1.10. The summed E-state index contributed by atoms with van der Waals surface area (Å²) < 4.78 is 19.6. The van der Waals surface area contributed by atoms with E-state index in [9.17, 15) is 4.21 Å². The lowest BCUT2D eigenvalue weighted by Gasteiger charge is -2.20. The fraction of sp³-hybridized carbons (Fsp3) is 0.700. The smallest absolute Gasteiger partial charge is 0.154 e. The largest absolute Gasteiger partial charge is 0.359 e. The van der Waals surface area contributed by atoms with Crippen LogP contribution in [0.25, 0.3) is 0 Å². The summed E-state index contributed by atoms with van der Waals surface area (Å²) >= 11 is 0. The van der Waals surface area contributed by atoms with Crippen LogP contribution in [0.15, 0.2) is 10.6 Å². The van der Waals surface area contributed by atoms with Crippen LogP contribution in [0.1, 0.15) is 45.2 Å². The first-order chi connectivity index (χ1) is 6.80. The summed E-state index contributed by atoms with van der Waals surface area (Å²) in [6.45, 7) is 9.54. The van der Waals surface area contributed by atoms with Crippen molar-refractivity contribution in [2.75, 3.05) is 0 Å². The molecule has 0 aromatic carbocycles. The maximum atomic E-state index is 11.8. The second-order valence-electron chi connectivity index (χ2n) is 4.59. The van der Waals surface area contributed by atoms with Crippen LogP contribution < -0.4 is 4.72 Å². The standard InChI is InChI=1S/C10H18N2O2S/c1-7-6-9(14-11-7)8(2)12-15(13)10(3,4)5/h6,8,12H,1-5H3/t8-,15-/m0/s1. The van der Waals surface area contributed by atoms with Crippen molar-refractivity contribution >= 4 is 11.0 Å². The second-order valence-corrected chi connectivity index (χ2v) is 6.59. The van der Waals surface area contributed by atoms with Crippen LogP contribution in [0.2, 0.25) is 0 Å². The highest BCUT2D eigenvalue weighted by Crippen LogP contribution is 2.17. The van der Waals surface area contributed by atoms with Crippen LogP contribution in [-0.2, 0) is 11.0 Å². The number of hydrogen-bond acceptors (Lipinski definition) is 3. The Bertz CT molecular complexity index is 355. The molecule has 0 saturated heterocycles. The summed E-state index contributed by atoms with van der Waals surface area (Å²) in [4.78, 5) is 0. The molecule has 0 saturated carbocycles. The maximum absolute atomic E-state index is 11.8. The van der Waals surface area contributed by atoms with Gasteiger partial charge >= 0.3 is 0 Å². The van der Waals surface area contributed by atoms with Gasteiger partial charge in [-0.05, 0) is 34.6 Å². The molecule has 0 aliphatic carbocycles. The van der Waals surface area contributed by atoms with E-state index >= 15 is 0 Å². The molecule has 5 heteroatoms. The Hall–Kier alpha value is -0.680. The van der Waals surface area contributed by atoms with Gasteiger partial charge < -0.3 is 4.52 Å². The summed E-state index contributed by atoms with van der Waals surface area (Å²) in [5.41, 5.74) is 0.834. The van der Waals surface area contributed by atoms with Gasteiger partial charge in [0.15, 0.2) is 5.76 Å². The Morgan fingerprint density at radius 1 is 1.53 bits per heavy atom. The number of hydrogen-bond donors (Lipinski definition) is 1. The molecule has 1 aromatic heterocycles. The number of aryl methyl sites for hydroxylation is 1. The molecule has 4 nitrogen and oxygen atoms in total. The topological polar surface area (TPSA) is 55.1 Å². The summed E-state index contributed by atoms with van der Waals surface area (Å²) in [5, 5.41) is 3.79. The van der Waals surface area contributed by atoms with Crippen LogP contribution in [0.4, 0.5) is 0 Å². The van der Waals surface area contributed by atoms with Crippen molar-refractivity contribution in [2.24, 2.45) is 0 Å². The monoisotopic (exact) mass is 230 g/mol. The van der Waals surface area contributed by atoms with Gasteiger partial charge in [-0.1, -0.05) is 5.16 Å². The van der Waals surface area contributed by atoms with Crippen molar-refractivity contribution in [3.8, 4) is 0 Å². The molecule has 1 heterocycles. The van der Waals surface area contributed by atoms with E-state index in [1.165, 1.54) is 0 Å². The highest BCUT2D eigenvalue weighted by atomic mass is 32.2. The van der Waals surface area contributed by atoms with Crippen LogP contribution in [0.3, 0.4) is 0 Å². The molecule has 0 bridgehead atoms. The van der Waals surface area contributed by atoms with Crippen LogP contribution in [0.5, 0.6) is 0 Å². The first-order valence-corrected chi connectivity index (χ1v) is 6.07. The molecule has 1 aromatic rings. The average molecular weight is 230 g/mol. The molecule has 0 radical (unpaired) electrons. The Morgan fingerprint density at radius 2 is 2.13 bits per heavy atom. The zero-order valence-corrected chi connectivity index (χ0v) is 10.6. The number of nitrogens with zero attached hydrogens (tertiary/aromatic N) is 1. The minimum Gasteiger partial charge on any atom is -0.359 e. The Kier molecular flexibility index (Phi) is 3.67. The lowest BCUT2D eigenvalue weighted by molar-refractivity contribution is 0.358. The minimum atomic E-state index is -1.10. The molecule has 0 spiro atoms. The average Bonchev–Trinajstić information content (AvgIpc) is 2.50. The highest BCUT2D eigenvalue weighted by Gasteiger charge is 2.22. The van der Waals surface area contributed by atoms with E-state index in [1.54, 1.807) is 0 Å². The van der Waals surface area contributed by atoms with Gasteiger partial charge in [-0.3, -0.25) is 0 Å². The molecule has 1 N–H and O–H groups in total. The van der Waals surface area contributed by atoms with E-state index in [0.717, 1.165) is 5.69 Å². The van der Waals surface area contributed by atoms with Crippen molar-refractivity contribution in [2.45, 2.75) is 45.4 Å². The first-order valence-electron chi connectivity index (χ1n) is 4.92. The molecule has 0 fully saturated rings. The van der Waals surface area contributed by atoms with Crippen molar-refractivity contribution in [1.29, 1.82) is 0 Å². The Labute approximate surface area is 93.0 Å². The van der Waals surface area contributed by atoms with Gasteiger partial charge in [0.2, 0.25) is 0 Å². The van der Waals surface area contributed by atoms with E-state index in [-0.39, 0.29) is 10.8 Å². The first kappa shape index (κ1) is 12.4. The predicted octanol–water partition coefficient (Wildman–Crippen LogP) is 2.10. The van der Waals surface area contributed by atoms with Crippen molar-refractivity contribution in [1.82, 2.24) is 9.88 Å². The van der Waals surface area contributed by atoms with E-state index < -0.39 is 11.0 Å². The van der Waals surface area contributed by atoms with E-state index in [4.69, 9.17) is 4.52 Å². The van der Waals surface area contributed by atoms with E-state index in [1.807, 2.05) is 40.7 Å². The van der Waals surface area contributed by atoms with Crippen molar-refractivity contribution in [3.05, 3.63) is 17.5 Å². The molecule has 1 rings (SSSR count). The van der Waals surface area contributed by atoms with Crippen LogP contribution in [-0.4, -0.2) is 14.1 Å². The Morgan fingerprint density at radius 3 is 2.53 bits per heavy atom. The summed E-state index contributed by atoms with van der Waals surface area (Å²) in [6, 6.07) is 1.75. The molecule has 2 atom stereocenters. The number of rotatable bonds is 3. The number of aromatic nitrogens is 1. The van der Waals surface area contributed by atoms with E-state index in [2.05, 4.69) is 9.88 Å². The SMILES string of the molecule is Cc1cc([C@H](C)N[S@@](=O)C(C)(C)C)on1. The fourth-order valence-corrected chi connectivity index (χ4v) is 1.77. The molecular weight excluding hydrogens is 212 g/mol. The van der Waals surface area contributed by atoms with Gasteiger partial charge in [0.1, 0.15) is 0 Å². The highest BCUT2D eigenvalue weighted by molar-refractivity contribution is 7.84. The molecule has 0 amide bonds. The van der Waals surface area contributed by atoms with Crippen molar-refractivity contribution in [3.63, 3.8) is 0 Å². The van der Waals surface area contributed by atoms with Crippen molar-refractivity contribution < 1.29 is 8.73 Å². The fourth-order valence-electron chi connectivity index (χ4n) is 0.983. The van der Waals surface area contributed by atoms with Gasteiger partial charge in [0.25, 0.3) is 0 Å². The third-order valence-corrected chi connectivity index (χ3v) is 3.59. The van der Waals surface area contributed by atoms with E-state index in [0.29, 0.717) is 5.76 Å². The minimum absolute atomic E-state index is 0.0914. The van der Waals surface area contributed by atoms with Gasteiger partial charge in [0.05, 0.1) is 27.5 Å².